The van der Waals surface area contributed by atoms with Crippen molar-refractivity contribution in [2.24, 2.45) is 0 Å². The van der Waals surface area contributed by atoms with Crippen molar-refractivity contribution in [2.75, 3.05) is 26.2 Å². The number of amides is 1. The highest BCUT2D eigenvalue weighted by molar-refractivity contribution is 5.79. The van der Waals surface area contributed by atoms with E-state index in [1.807, 2.05) is 0 Å². The maximum atomic E-state index is 11.1. The fourth-order valence-corrected chi connectivity index (χ4v) is 0.956. The normalized spacial score (nSPS) is 9.33. The molecule has 0 fully saturated rings. The predicted octanol–water partition coefficient (Wildman–Crippen LogP) is -0.801. The van der Waals surface area contributed by atoms with E-state index in [1.54, 1.807) is 6.07 Å². The second kappa shape index (κ2) is 7.53. The molecular weight excluding hydrogens is 198 g/mol. The van der Waals surface area contributed by atoms with E-state index in [4.69, 9.17) is 10.4 Å². The van der Waals surface area contributed by atoms with E-state index in [1.165, 1.54) is 11.0 Å². The van der Waals surface area contributed by atoms with Gasteiger partial charge in [0, 0.05) is 6.54 Å². The van der Waals surface area contributed by atoms with Crippen LogP contribution in [0.5, 0.6) is 0 Å². The number of nitrogens with zero attached hydrogens (tertiary/aromatic N) is 2. The highest BCUT2D eigenvalue weighted by atomic mass is 16.4. The SMILES string of the molecule is C=CCN(CC(=O)O)CC(=O)NCC#N. The van der Waals surface area contributed by atoms with E-state index in [9.17, 15) is 9.59 Å². The summed E-state index contributed by atoms with van der Waals surface area (Å²) in [5.74, 6) is -1.38. The Morgan fingerprint density at radius 1 is 1.53 bits per heavy atom. The number of rotatable bonds is 7. The molecule has 0 saturated heterocycles. The molecule has 0 aromatic rings. The molecular formula is C9H13N3O3. The van der Waals surface area contributed by atoms with Crippen molar-refractivity contribution in [3.8, 4) is 6.07 Å². The number of carbonyl (C=O) groups is 2. The summed E-state index contributed by atoms with van der Waals surface area (Å²) in [6.07, 6.45) is 1.51. The van der Waals surface area contributed by atoms with Crippen LogP contribution in [0.2, 0.25) is 0 Å². The quantitative estimate of drug-likeness (QED) is 0.424. The molecule has 0 radical (unpaired) electrons. The molecule has 0 aliphatic heterocycles. The second-order valence-corrected chi connectivity index (χ2v) is 2.79. The van der Waals surface area contributed by atoms with Crippen LogP contribution in [0.3, 0.4) is 0 Å². The Morgan fingerprint density at radius 3 is 2.67 bits per heavy atom. The van der Waals surface area contributed by atoms with Gasteiger partial charge in [0.1, 0.15) is 6.54 Å². The van der Waals surface area contributed by atoms with Crippen LogP contribution in [-0.2, 0) is 9.59 Å². The minimum absolute atomic E-state index is 0.0556. The Bertz CT molecular complexity index is 283. The number of aliphatic carboxylic acids is 1. The van der Waals surface area contributed by atoms with Crippen molar-refractivity contribution in [1.29, 1.82) is 5.26 Å². The minimum Gasteiger partial charge on any atom is -0.480 e. The van der Waals surface area contributed by atoms with E-state index in [0.717, 1.165) is 0 Å². The molecule has 0 spiro atoms. The van der Waals surface area contributed by atoms with Crippen LogP contribution in [0.15, 0.2) is 12.7 Å². The van der Waals surface area contributed by atoms with Crippen LogP contribution in [0.25, 0.3) is 0 Å². The van der Waals surface area contributed by atoms with Crippen LogP contribution in [-0.4, -0.2) is 48.1 Å². The summed E-state index contributed by atoms with van der Waals surface area (Å²) in [5.41, 5.74) is 0. The first-order valence-corrected chi connectivity index (χ1v) is 4.28. The summed E-state index contributed by atoms with van der Waals surface area (Å²) in [5, 5.41) is 19.1. The van der Waals surface area contributed by atoms with Gasteiger partial charge in [-0.15, -0.1) is 6.58 Å². The van der Waals surface area contributed by atoms with Gasteiger partial charge in [-0.25, -0.2) is 0 Å². The van der Waals surface area contributed by atoms with Gasteiger partial charge in [0.15, 0.2) is 0 Å². The molecule has 2 N–H and O–H groups in total. The molecule has 0 rings (SSSR count). The first-order valence-electron chi connectivity index (χ1n) is 4.28. The lowest BCUT2D eigenvalue weighted by atomic mass is 10.4. The second-order valence-electron chi connectivity index (χ2n) is 2.79. The number of hydrogen-bond acceptors (Lipinski definition) is 4. The van der Waals surface area contributed by atoms with Crippen LogP contribution < -0.4 is 5.32 Å². The average molecular weight is 211 g/mol. The molecule has 0 aliphatic carbocycles. The van der Waals surface area contributed by atoms with Gasteiger partial charge in [-0.1, -0.05) is 6.08 Å². The highest BCUT2D eigenvalue weighted by Crippen LogP contribution is 1.88. The summed E-state index contributed by atoms with van der Waals surface area (Å²) in [6, 6.07) is 1.76. The van der Waals surface area contributed by atoms with Gasteiger partial charge >= 0.3 is 5.97 Å². The number of nitriles is 1. The molecule has 6 nitrogen and oxygen atoms in total. The van der Waals surface area contributed by atoms with Gasteiger partial charge in [-0.2, -0.15) is 5.26 Å². The molecule has 82 valence electrons. The van der Waals surface area contributed by atoms with E-state index in [-0.39, 0.29) is 25.5 Å². The highest BCUT2D eigenvalue weighted by Gasteiger charge is 2.11. The Morgan fingerprint density at radius 2 is 2.20 bits per heavy atom. The summed E-state index contributed by atoms with van der Waals surface area (Å²) >= 11 is 0. The number of carboxylic acid groups (broad SMARTS) is 1. The average Bonchev–Trinajstić information content (AvgIpc) is 2.14. The van der Waals surface area contributed by atoms with Gasteiger partial charge in [-0.05, 0) is 0 Å². The van der Waals surface area contributed by atoms with E-state index in [0.29, 0.717) is 6.54 Å². The minimum atomic E-state index is -1.01. The molecule has 6 heteroatoms. The Kier molecular flexibility index (Phi) is 6.59. The molecule has 0 bridgehead atoms. The predicted molar refractivity (Wildman–Crippen MR) is 52.9 cm³/mol. The van der Waals surface area contributed by atoms with Gasteiger partial charge in [-0.3, -0.25) is 14.5 Å². The smallest absolute Gasteiger partial charge is 0.317 e. The molecule has 0 atom stereocenters. The topological polar surface area (TPSA) is 93.4 Å². The van der Waals surface area contributed by atoms with Crippen LogP contribution in [0.4, 0.5) is 0 Å². The maximum absolute atomic E-state index is 11.1. The lowest BCUT2D eigenvalue weighted by molar-refractivity contribution is -0.138. The fourth-order valence-electron chi connectivity index (χ4n) is 0.956. The van der Waals surface area contributed by atoms with Crippen molar-refractivity contribution in [3.63, 3.8) is 0 Å². The van der Waals surface area contributed by atoms with Crippen molar-refractivity contribution in [1.82, 2.24) is 10.2 Å². The summed E-state index contributed by atoms with van der Waals surface area (Å²) in [4.78, 5) is 23.0. The largest absolute Gasteiger partial charge is 0.480 e. The zero-order valence-electron chi connectivity index (χ0n) is 8.27. The maximum Gasteiger partial charge on any atom is 0.317 e. The monoisotopic (exact) mass is 211 g/mol. The van der Waals surface area contributed by atoms with E-state index in [2.05, 4.69) is 11.9 Å². The van der Waals surface area contributed by atoms with Crippen molar-refractivity contribution >= 4 is 11.9 Å². The van der Waals surface area contributed by atoms with Crippen molar-refractivity contribution in [3.05, 3.63) is 12.7 Å². The van der Waals surface area contributed by atoms with Crippen molar-refractivity contribution in [2.45, 2.75) is 0 Å². The zero-order chi connectivity index (χ0) is 11.7. The summed E-state index contributed by atoms with van der Waals surface area (Å²) in [6.45, 7) is 3.41. The number of carboxylic acids is 1. The van der Waals surface area contributed by atoms with Crippen molar-refractivity contribution < 1.29 is 14.7 Å². The fraction of sp³-hybridized carbons (Fsp3) is 0.444. The molecule has 1 amide bonds. The van der Waals surface area contributed by atoms with Gasteiger partial charge in [0.05, 0.1) is 19.2 Å². The Hall–Kier alpha value is -1.87. The number of nitrogens with one attached hydrogen (secondary N) is 1. The molecule has 0 saturated carbocycles. The molecule has 0 heterocycles. The number of hydrogen-bond donors (Lipinski definition) is 2. The molecule has 0 aromatic heterocycles. The van der Waals surface area contributed by atoms with Gasteiger partial charge in [0.25, 0.3) is 0 Å². The standard InChI is InChI=1S/C9H13N3O3/c1-2-5-12(7-9(14)15)6-8(13)11-4-3-10/h2H,1,4-7H2,(H,11,13)(H,14,15). The van der Waals surface area contributed by atoms with Crippen LogP contribution in [0, 0.1) is 11.3 Å². The molecule has 0 aromatic carbocycles. The van der Waals surface area contributed by atoms with E-state index < -0.39 is 5.97 Å². The lowest BCUT2D eigenvalue weighted by Crippen LogP contribution is -2.39. The van der Waals surface area contributed by atoms with E-state index >= 15 is 0 Å². The lowest BCUT2D eigenvalue weighted by Gasteiger charge is -2.16. The third kappa shape index (κ3) is 7.22. The van der Waals surface area contributed by atoms with Crippen LogP contribution in [0.1, 0.15) is 0 Å². The molecule has 0 aliphatic rings. The van der Waals surface area contributed by atoms with Crippen LogP contribution >= 0.6 is 0 Å². The third-order valence-electron chi connectivity index (χ3n) is 1.48. The zero-order valence-corrected chi connectivity index (χ0v) is 8.27. The number of carbonyl (C=O) groups excluding carboxylic acids is 1. The van der Waals surface area contributed by atoms with Gasteiger partial charge in [0.2, 0.25) is 5.91 Å². The Labute approximate surface area is 87.8 Å². The molecule has 15 heavy (non-hydrogen) atoms. The third-order valence-corrected chi connectivity index (χ3v) is 1.48. The Balaban J connectivity index is 4.04. The molecule has 0 unspecified atom stereocenters. The first-order chi connectivity index (χ1) is 7.10. The summed E-state index contributed by atoms with van der Waals surface area (Å²) < 4.78 is 0. The summed E-state index contributed by atoms with van der Waals surface area (Å²) in [7, 11) is 0. The van der Waals surface area contributed by atoms with Gasteiger partial charge < -0.3 is 10.4 Å². The first kappa shape index (κ1) is 13.1.